The minimum Gasteiger partial charge on any atom is -0.459 e. The first-order valence-electron chi connectivity index (χ1n) is 9.85. The average Bonchev–Trinajstić information content (AvgIpc) is 3.14. The third kappa shape index (κ3) is 4.60. The fourth-order valence-corrected chi connectivity index (χ4v) is 4.45. The summed E-state index contributed by atoms with van der Waals surface area (Å²) in [6.45, 7) is 5.50. The van der Waals surface area contributed by atoms with Gasteiger partial charge in [-0.1, -0.05) is 47.6 Å². The van der Waals surface area contributed by atoms with Gasteiger partial charge in [-0.3, -0.25) is 4.98 Å². The summed E-state index contributed by atoms with van der Waals surface area (Å²) >= 11 is 7.75. The van der Waals surface area contributed by atoms with E-state index in [2.05, 4.69) is 15.3 Å². The number of carbonyl (C=O) groups is 1. The van der Waals surface area contributed by atoms with Crippen molar-refractivity contribution >= 4 is 35.3 Å². The summed E-state index contributed by atoms with van der Waals surface area (Å²) in [5, 5.41) is 9.19. The van der Waals surface area contributed by atoms with Crippen LogP contribution < -0.4 is 5.32 Å². The monoisotopic (exact) mass is 455 g/mol. The van der Waals surface area contributed by atoms with Crippen molar-refractivity contribution in [2.24, 2.45) is 0 Å². The van der Waals surface area contributed by atoms with Crippen molar-refractivity contribution in [2.75, 3.05) is 5.32 Å². The Morgan fingerprint density at radius 1 is 1.29 bits per heavy atom. The number of thioether (sulfide) groups is 1. The molecule has 1 aliphatic rings. The van der Waals surface area contributed by atoms with Crippen LogP contribution in [0.3, 0.4) is 0 Å². The van der Waals surface area contributed by atoms with E-state index in [1.807, 2.05) is 57.2 Å². The Morgan fingerprint density at radius 3 is 2.81 bits per heavy atom. The van der Waals surface area contributed by atoms with Crippen LogP contribution >= 0.6 is 23.4 Å². The molecule has 0 aliphatic carbocycles. The number of esters is 1. The van der Waals surface area contributed by atoms with Crippen LogP contribution in [0.5, 0.6) is 0 Å². The number of benzene rings is 1. The molecular weight excluding hydrogens is 434 g/mol. The number of fused-ring (bicyclic) bond motifs is 1. The average molecular weight is 456 g/mol. The van der Waals surface area contributed by atoms with Gasteiger partial charge in [-0.2, -0.15) is 4.98 Å². The lowest BCUT2D eigenvalue weighted by Gasteiger charge is -2.28. The highest BCUT2D eigenvalue weighted by Gasteiger charge is 2.35. The molecule has 9 heteroatoms. The molecule has 0 saturated heterocycles. The van der Waals surface area contributed by atoms with Crippen LogP contribution in [0, 0.1) is 0 Å². The van der Waals surface area contributed by atoms with E-state index in [9.17, 15) is 4.79 Å². The highest BCUT2D eigenvalue weighted by Crippen LogP contribution is 2.37. The second-order valence-electron chi connectivity index (χ2n) is 7.35. The number of hydrogen-bond acceptors (Lipinski definition) is 7. The quantitative estimate of drug-likeness (QED) is 0.419. The molecule has 0 radical (unpaired) electrons. The Kier molecular flexibility index (Phi) is 6.29. The number of halogens is 1. The van der Waals surface area contributed by atoms with Crippen molar-refractivity contribution in [2.45, 2.75) is 43.8 Å². The summed E-state index contributed by atoms with van der Waals surface area (Å²) in [7, 11) is 0. The smallest absolute Gasteiger partial charge is 0.338 e. The number of nitrogens with one attached hydrogen (secondary N) is 1. The van der Waals surface area contributed by atoms with E-state index >= 15 is 0 Å². The van der Waals surface area contributed by atoms with Crippen LogP contribution in [0.25, 0.3) is 0 Å². The van der Waals surface area contributed by atoms with Gasteiger partial charge >= 0.3 is 5.97 Å². The van der Waals surface area contributed by atoms with Crippen molar-refractivity contribution < 1.29 is 9.53 Å². The minimum absolute atomic E-state index is 0.235. The van der Waals surface area contributed by atoms with E-state index in [1.54, 1.807) is 17.1 Å². The van der Waals surface area contributed by atoms with Gasteiger partial charge in [0.2, 0.25) is 11.1 Å². The van der Waals surface area contributed by atoms with E-state index < -0.39 is 6.04 Å². The SMILES string of the molecule is CC1=C(C(=O)OC(C)C)C(c2cccnc2)n2nc(SCc3ccccc3Cl)nc2N1. The molecule has 7 nitrogen and oxygen atoms in total. The molecule has 0 amide bonds. The number of allylic oxidation sites excluding steroid dienone is 1. The van der Waals surface area contributed by atoms with Gasteiger partial charge in [-0.25, -0.2) is 9.48 Å². The number of ether oxygens (including phenoxy) is 1. The van der Waals surface area contributed by atoms with Gasteiger partial charge in [0, 0.05) is 28.9 Å². The molecule has 1 aliphatic heterocycles. The fourth-order valence-electron chi connectivity index (χ4n) is 3.34. The number of hydrogen-bond donors (Lipinski definition) is 1. The predicted octanol–water partition coefficient (Wildman–Crippen LogP) is 4.86. The predicted molar refractivity (Wildman–Crippen MR) is 121 cm³/mol. The Balaban J connectivity index is 1.68. The molecule has 0 fully saturated rings. The molecule has 1 atom stereocenters. The van der Waals surface area contributed by atoms with Crippen LogP contribution in [0.15, 0.2) is 65.2 Å². The van der Waals surface area contributed by atoms with Crippen molar-refractivity contribution in [3.8, 4) is 0 Å². The summed E-state index contributed by atoms with van der Waals surface area (Å²) in [5.41, 5.74) is 3.01. The largest absolute Gasteiger partial charge is 0.459 e. The second-order valence-corrected chi connectivity index (χ2v) is 8.70. The molecular formula is C22H22ClN5O2S. The lowest BCUT2D eigenvalue weighted by molar-refractivity contribution is -0.143. The number of pyridine rings is 1. The number of nitrogens with zero attached hydrogens (tertiary/aromatic N) is 4. The first kappa shape index (κ1) is 21.4. The van der Waals surface area contributed by atoms with Gasteiger partial charge < -0.3 is 10.1 Å². The van der Waals surface area contributed by atoms with Gasteiger partial charge in [-0.05, 0) is 44.0 Å². The lowest BCUT2D eigenvalue weighted by Crippen LogP contribution is -2.30. The van der Waals surface area contributed by atoms with E-state index in [-0.39, 0.29) is 12.1 Å². The number of carbonyl (C=O) groups excluding carboxylic acids is 1. The van der Waals surface area contributed by atoms with Gasteiger partial charge in [0.05, 0.1) is 11.7 Å². The molecule has 160 valence electrons. The van der Waals surface area contributed by atoms with Crippen LogP contribution in [0.1, 0.15) is 37.9 Å². The van der Waals surface area contributed by atoms with E-state index in [4.69, 9.17) is 21.4 Å². The molecule has 0 saturated carbocycles. The second kappa shape index (κ2) is 9.11. The maximum Gasteiger partial charge on any atom is 0.338 e. The highest BCUT2D eigenvalue weighted by molar-refractivity contribution is 7.98. The zero-order valence-corrected chi connectivity index (χ0v) is 18.9. The Bertz CT molecular complexity index is 1130. The van der Waals surface area contributed by atoms with E-state index in [0.29, 0.717) is 33.2 Å². The number of rotatable bonds is 6. The maximum atomic E-state index is 12.9. The Labute approximate surface area is 189 Å². The standard InChI is InChI=1S/C22H22ClN5O2S/c1-13(2)30-20(29)18-14(3)25-21-26-22(31-12-16-7-4-5-9-17(16)23)27-28(21)19(18)15-8-6-10-24-11-15/h4-11,13,19H,12H2,1-3H3,(H,25,26,27). The molecule has 4 rings (SSSR count). The highest BCUT2D eigenvalue weighted by atomic mass is 35.5. The lowest BCUT2D eigenvalue weighted by atomic mass is 9.97. The molecule has 0 spiro atoms. The van der Waals surface area contributed by atoms with Crippen molar-refractivity contribution in [1.29, 1.82) is 0 Å². The summed E-state index contributed by atoms with van der Waals surface area (Å²) in [4.78, 5) is 21.8. The summed E-state index contributed by atoms with van der Waals surface area (Å²) in [6, 6.07) is 11.0. The fraction of sp³-hybridized carbons (Fsp3) is 0.273. The molecule has 1 unspecified atom stereocenters. The first-order chi connectivity index (χ1) is 14.9. The number of aromatic nitrogens is 4. The van der Waals surface area contributed by atoms with Crippen molar-refractivity contribution in [3.63, 3.8) is 0 Å². The maximum absolute atomic E-state index is 12.9. The van der Waals surface area contributed by atoms with Gasteiger partial charge in [0.1, 0.15) is 6.04 Å². The van der Waals surface area contributed by atoms with Gasteiger partial charge in [0.25, 0.3) is 0 Å². The Morgan fingerprint density at radius 2 is 2.10 bits per heavy atom. The molecule has 1 aromatic carbocycles. The first-order valence-corrected chi connectivity index (χ1v) is 11.2. The molecule has 1 N–H and O–H groups in total. The van der Waals surface area contributed by atoms with Crippen LogP contribution in [-0.2, 0) is 15.3 Å². The molecule has 31 heavy (non-hydrogen) atoms. The van der Waals surface area contributed by atoms with E-state index in [0.717, 1.165) is 11.1 Å². The van der Waals surface area contributed by atoms with Crippen LogP contribution in [0.4, 0.5) is 5.95 Å². The van der Waals surface area contributed by atoms with Crippen LogP contribution in [-0.4, -0.2) is 31.8 Å². The molecule has 3 heterocycles. The van der Waals surface area contributed by atoms with Gasteiger partial charge in [-0.15, -0.1) is 5.10 Å². The number of anilines is 1. The summed E-state index contributed by atoms with van der Waals surface area (Å²) < 4.78 is 7.23. The van der Waals surface area contributed by atoms with E-state index in [1.165, 1.54) is 11.8 Å². The van der Waals surface area contributed by atoms with Gasteiger partial charge in [0.15, 0.2) is 0 Å². The minimum atomic E-state index is -0.488. The summed E-state index contributed by atoms with van der Waals surface area (Å²) in [6.07, 6.45) is 3.19. The molecule has 0 bridgehead atoms. The topological polar surface area (TPSA) is 81.9 Å². The van der Waals surface area contributed by atoms with Crippen molar-refractivity contribution in [1.82, 2.24) is 19.7 Å². The molecule has 2 aromatic heterocycles. The van der Waals surface area contributed by atoms with Crippen LogP contribution in [0.2, 0.25) is 5.02 Å². The zero-order valence-electron chi connectivity index (χ0n) is 17.4. The third-order valence-electron chi connectivity index (χ3n) is 4.71. The molecule has 3 aromatic rings. The Hall–Kier alpha value is -2.84. The third-order valence-corrected chi connectivity index (χ3v) is 5.97. The normalized spacial score (nSPS) is 15.6. The van der Waals surface area contributed by atoms with Crippen molar-refractivity contribution in [3.05, 3.63) is 76.2 Å². The summed E-state index contributed by atoms with van der Waals surface area (Å²) in [5.74, 6) is 0.810. The zero-order chi connectivity index (χ0) is 22.0.